The van der Waals surface area contributed by atoms with Gasteiger partial charge in [0.2, 0.25) is 5.88 Å². The summed E-state index contributed by atoms with van der Waals surface area (Å²) in [5.74, 6) is 0.443. The highest BCUT2D eigenvalue weighted by molar-refractivity contribution is 5.43. The predicted molar refractivity (Wildman–Crippen MR) is 78.4 cm³/mol. The van der Waals surface area contributed by atoms with E-state index in [0.717, 1.165) is 31.4 Å². The van der Waals surface area contributed by atoms with Crippen molar-refractivity contribution in [2.45, 2.75) is 32.1 Å². The molecule has 0 N–H and O–H groups in total. The molecule has 0 aliphatic heterocycles. The van der Waals surface area contributed by atoms with Gasteiger partial charge >= 0.3 is 0 Å². The van der Waals surface area contributed by atoms with Gasteiger partial charge < -0.3 is 14.2 Å². The van der Waals surface area contributed by atoms with Gasteiger partial charge in [-0.05, 0) is 43.7 Å². The van der Waals surface area contributed by atoms with Crippen LogP contribution in [0.15, 0.2) is 6.07 Å². The standard InChI is InChI=1S/C16H22N2O3/c1-19-7-4-8-20-9-10-21-16-14(12-17)11-13-5-2-3-6-15(13)18-16/h11H,2-10H2,1H3. The number of rotatable bonds is 8. The first-order valence-electron chi connectivity index (χ1n) is 7.47. The lowest BCUT2D eigenvalue weighted by Crippen LogP contribution is -2.12. The van der Waals surface area contributed by atoms with Crippen LogP contribution >= 0.6 is 0 Å². The van der Waals surface area contributed by atoms with E-state index < -0.39 is 0 Å². The Bertz CT molecular complexity index is 497. The number of pyridine rings is 1. The van der Waals surface area contributed by atoms with Gasteiger partial charge in [0.15, 0.2) is 0 Å². The molecule has 0 radical (unpaired) electrons. The Hall–Kier alpha value is -1.64. The molecular weight excluding hydrogens is 268 g/mol. The molecule has 1 aromatic rings. The monoisotopic (exact) mass is 290 g/mol. The zero-order valence-electron chi connectivity index (χ0n) is 12.6. The van der Waals surface area contributed by atoms with Gasteiger partial charge in [0.05, 0.1) is 6.61 Å². The Morgan fingerprint density at radius 2 is 2.05 bits per heavy atom. The average Bonchev–Trinajstić information content (AvgIpc) is 2.53. The molecule has 5 heteroatoms. The van der Waals surface area contributed by atoms with Crippen molar-refractivity contribution in [3.8, 4) is 11.9 Å². The third-order valence-electron chi connectivity index (χ3n) is 3.49. The second-order valence-corrected chi connectivity index (χ2v) is 5.07. The minimum atomic E-state index is 0.410. The van der Waals surface area contributed by atoms with E-state index in [1.807, 2.05) is 6.07 Å². The normalized spacial score (nSPS) is 13.5. The summed E-state index contributed by atoms with van der Waals surface area (Å²) in [5, 5.41) is 9.20. The second kappa shape index (κ2) is 8.60. The van der Waals surface area contributed by atoms with Crippen LogP contribution in [0.25, 0.3) is 0 Å². The average molecular weight is 290 g/mol. The highest BCUT2D eigenvalue weighted by Crippen LogP contribution is 2.25. The molecule has 0 saturated heterocycles. The van der Waals surface area contributed by atoms with Gasteiger partial charge in [-0.15, -0.1) is 0 Å². The molecule has 0 atom stereocenters. The van der Waals surface area contributed by atoms with Crippen LogP contribution in [0.1, 0.15) is 36.1 Å². The molecule has 1 aliphatic rings. The van der Waals surface area contributed by atoms with Crippen LogP contribution in [-0.4, -0.2) is 38.5 Å². The maximum atomic E-state index is 9.20. The van der Waals surface area contributed by atoms with Crippen LogP contribution in [-0.2, 0) is 22.3 Å². The minimum Gasteiger partial charge on any atom is -0.474 e. The molecule has 0 unspecified atom stereocenters. The van der Waals surface area contributed by atoms with E-state index in [0.29, 0.717) is 37.9 Å². The van der Waals surface area contributed by atoms with Gasteiger partial charge in [0, 0.05) is 26.0 Å². The molecule has 0 aromatic carbocycles. The quantitative estimate of drug-likeness (QED) is 0.687. The molecule has 0 amide bonds. The number of hydrogen-bond donors (Lipinski definition) is 0. The number of nitrogens with zero attached hydrogens (tertiary/aromatic N) is 2. The Kier molecular flexibility index (Phi) is 6.45. The smallest absolute Gasteiger partial charge is 0.232 e. The van der Waals surface area contributed by atoms with Crippen molar-refractivity contribution in [1.82, 2.24) is 4.98 Å². The molecule has 2 rings (SSSR count). The van der Waals surface area contributed by atoms with Crippen molar-refractivity contribution in [3.63, 3.8) is 0 Å². The van der Waals surface area contributed by atoms with Crippen LogP contribution in [0, 0.1) is 11.3 Å². The molecule has 0 spiro atoms. The van der Waals surface area contributed by atoms with E-state index in [1.54, 1.807) is 7.11 Å². The molecule has 21 heavy (non-hydrogen) atoms. The Morgan fingerprint density at radius 3 is 2.86 bits per heavy atom. The maximum Gasteiger partial charge on any atom is 0.232 e. The van der Waals surface area contributed by atoms with E-state index in [1.165, 1.54) is 12.0 Å². The fourth-order valence-electron chi connectivity index (χ4n) is 2.41. The summed E-state index contributed by atoms with van der Waals surface area (Å²) in [4.78, 5) is 4.51. The SMILES string of the molecule is COCCCOCCOc1nc2c(cc1C#N)CCCC2. The third kappa shape index (κ3) is 4.69. The van der Waals surface area contributed by atoms with Crippen LogP contribution in [0.4, 0.5) is 0 Å². The first-order valence-corrected chi connectivity index (χ1v) is 7.47. The van der Waals surface area contributed by atoms with Crippen molar-refractivity contribution in [3.05, 3.63) is 22.9 Å². The number of hydrogen-bond acceptors (Lipinski definition) is 5. The highest BCUT2D eigenvalue weighted by atomic mass is 16.5. The van der Waals surface area contributed by atoms with Crippen LogP contribution in [0.5, 0.6) is 5.88 Å². The van der Waals surface area contributed by atoms with E-state index in [9.17, 15) is 5.26 Å². The fraction of sp³-hybridized carbons (Fsp3) is 0.625. The largest absolute Gasteiger partial charge is 0.474 e. The molecule has 1 aromatic heterocycles. The second-order valence-electron chi connectivity index (χ2n) is 5.07. The lowest BCUT2D eigenvalue weighted by Gasteiger charge is -2.16. The molecule has 0 saturated carbocycles. The molecule has 0 fully saturated rings. The van der Waals surface area contributed by atoms with Crippen LogP contribution in [0.2, 0.25) is 0 Å². The van der Waals surface area contributed by atoms with Gasteiger partial charge in [-0.2, -0.15) is 5.26 Å². The number of ether oxygens (including phenoxy) is 3. The summed E-state index contributed by atoms with van der Waals surface area (Å²) in [6.45, 7) is 2.26. The number of aryl methyl sites for hydroxylation is 2. The van der Waals surface area contributed by atoms with Crippen molar-refractivity contribution in [1.29, 1.82) is 5.26 Å². The third-order valence-corrected chi connectivity index (χ3v) is 3.49. The predicted octanol–water partition coefficient (Wildman–Crippen LogP) is 2.26. The van der Waals surface area contributed by atoms with E-state index in [-0.39, 0.29) is 0 Å². The Labute approximate surface area is 125 Å². The summed E-state index contributed by atoms with van der Waals surface area (Å²) >= 11 is 0. The summed E-state index contributed by atoms with van der Waals surface area (Å²) < 4.78 is 16.0. The molecule has 1 heterocycles. The first kappa shape index (κ1) is 15.7. The summed E-state index contributed by atoms with van der Waals surface area (Å²) in [5.41, 5.74) is 2.80. The topological polar surface area (TPSA) is 64.4 Å². The number of fused-ring (bicyclic) bond motifs is 1. The van der Waals surface area contributed by atoms with E-state index in [2.05, 4.69) is 11.1 Å². The first-order chi connectivity index (χ1) is 10.3. The zero-order chi connectivity index (χ0) is 14.9. The molecule has 5 nitrogen and oxygen atoms in total. The van der Waals surface area contributed by atoms with Crippen LogP contribution < -0.4 is 4.74 Å². The minimum absolute atomic E-state index is 0.410. The zero-order valence-corrected chi connectivity index (χ0v) is 12.6. The fourth-order valence-corrected chi connectivity index (χ4v) is 2.41. The van der Waals surface area contributed by atoms with Crippen molar-refractivity contribution < 1.29 is 14.2 Å². The Balaban J connectivity index is 1.83. The lowest BCUT2D eigenvalue weighted by molar-refractivity contribution is 0.0794. The van der Waals surface area contributed by atoms with E-state index >= 15 is 0 Å². The van der Waals surface area contributed by atoms with Crippen molar-refractivity contribution in [2.75, 3.05) is 33.5 Å². The molecule has 114 valence electrons. The highest BCUT2D eigenvalue weighted by Gasteiger charge is 2.15. The number of aromatic nitrogens is 1. The summed E-state index contributed by atoms with van der Waals surface area (Å²) in [6, 6.07) is 4.10. The summed E-state index contributed by atoms with van der Waals surface area (Å²) in [6.07, 6.45) is 5.20. The van der Waals surface area contributed by atoms with Gasteiger partial charge in [0.1, 0.15) is 18.2 Å². The Morgan fingerprint density at radius 1 is 1.19 bits per heavy atom. The van der Waals surface area contributed by atoms with Gasteiger partial charge in [-0.1, -0.05) is 0 Å². The maximum absolute atomic E-state index is 9.20. The van der Waals surface area contributed by atoms with Crippen molar-refractivity contribution in [2.24, 2.45) is 0 Å². The van der Waals surface area contributed by atoms with Crippen LogP contribution in [0.3, 0.4) is 0 Å². The molecular formula is C16H22N2O3. The molecule has 1 aliphatic carbocycles. The van der Waals surface area contributed by atoms with Gasteiger partial charge in [-0.3, -0.25) is 0 Å². The number of methoxy groups -OCH3 is 1. The number of nitriles is 1. The van der Waals surface area contributed by atoms with Gasteiger partial charge in [0.25, 0.3) is 0 Å². The molecule has 0 bridgehead atoms. The summed E-state index contributed by atoms with van der Waals surface area (Å²) in [7, 11) is 1.67. The van der Waals surface area contributed by atoms with E-state index in [4.69, 9.17) is 14.2 Å². The van der Waals surface area contributed by atoms with Gasteiger partial charge in [-0.25, -0.2) is 4.98 Å². The lowest BCUT2D eigenvalue weighted by atomic mass is 9.95. The van der Waals surface area contributed by atoms with Crippen molar-refractivity contribution >= 4 is 0 Å².